The van der Waals surface area contributed by atoms with Gasteiger partial charge in [-0.2, -0.15) is 0 Å². The number of nitrogens with zero attached hydrogens (tertiary/aromatic N) is 1. The van der Waals surface area contributed by atoms with Crippen molar-refractivity contribution in [1.29, 1.82) is 0 Å². The van der Waals surface area contributed by atoms with Gasteiger partial charge in [0.25, 0.3) is 0 Å². The molecule has 4 heteroatoms. The van der Waals surface area contributed by atoms with E-state index in [1.165, 1.54) is 0 Å². The zero-order valence-corrected chi connectivity index (χ0v) is 11.3. The summed E-state index contributed by atoms with van der Waals surface area (Å²) in [5, 5.41) is -0.334. The summed E-state index contributed by atoms with van der Waals surface area (Å²) in [5.41, 5.74) is 1.87. The zero-order valence-electron chi connectivity index (χ0n) is 10.5. The van der Waals surface area contributed by atoms with Crippen molar-refractivity contribution < 1.29 is 9.53 Å². The van der Waals surface area contributed by atoms with Crippen molar-refractivity contribution in [2.45, 2.75) is 33.6 Å². The molecule has 94 valence electrons. The first-order valence-corrected chi connectivity index (χ1v) is 6.14. The van der Waals surface area contributed by atoms with Crippen LogP contribution in [0.3, 0.4) is 0 Å². The molecule has 0 saturated carbocycles. The van der Waals surface area contributed by atoms with Gasteiger partial charge in [-0.3, -0.25) is 9.78 Å². The van der Waals surface area contributed by atoms with E-state index in [1.54, 1.807) is 6.20 Å². The fraction of sp³-hybridized carbons (Fsp3) is 0.538. The summed E-state index contributed by atoms with van der Waals surface area (Å²) in [4.78, 5) is 15.0. The smallest absolute Gasteiger partial charge is 0.222 e. The highest BCUT2D eigenvalue weighted by Crippen LogP contribution is 2.21. The van der Waals surface area contributed by atoms with Gasteiger partial charge >= 0.3 is 0 Å². The highest BCUT2D eigenvalue weighted by atomic mass is 35.5. The first-order valence-electron chi connectivity index (χ1n) is 5.76. The largest absolute Gasteiger partial charge is 0.493 e. The third-order valence-corrected chi connectivity index (χ3v) is 2.58. The van der Waals surface area contributed by atoms with Crippen LogP contribution < -0.4 is 4.74 Å². The molecule has 0 aromatic carbocycles. The fourth-order valence-corrected chi connectivity index (χ4v) is 1.54. The maximum Gasteiger partial charge on any atom is 0.222 e. The molecule has 1 aromatic rings. The van der Waals surface area contributed by atoms with Crippen LogP contribution in [-0.2, 0) is 11.2 Å². The molecule has 0 unspecified atom stereocenters. The van der Waals surface area contributed by atoms with Gasteiger partial charge in [0.15, 0.2) is 0 Å². The highest BCUT2D eigenvalue weighted by Gasteiger charge is 2.08. The Morgan fingerprint density at radius 1 is 1.53 bits per heavy atom. The van der Waals surface area contributed by atoms with Gasteiger partial charge in [-0.15, -0.1) is 0 Å². The summed E-state index contributed by atoms with van der Waals surface area (Å²) in [7, 11) is 0. The summed E-state index contributed by atoms with van der Waals surface area (Å²) in [6.07, 6.45) is 2.58. The lowest BCUT2D eigenvalue weighted by Gasteiger charge is -2.13. The summed E-state index contributed by atoms with van der Waals surface area (Å²) >= 11 is 5.32. The lowest BCUT2D eigenvalue weighted by Crippen LogP contribution is -2.07. The van der Waals surface area contributed by atoms with E-state index in [4.69, 9.17) is 16.3 Å². The van der Waals surface area contributed by atoms with Gasteiger partial charge in [-0.25, -0.2) is 0 Å². The fourth-order valence-electron chi connectivity index (χ4n) is 1.44. The molecule has 0 atom stereocenters. The predicted octanol–water partition coefficient (Wildman–Crippen LogP) is 3.12. The molecule has 17 heavy (non-hydrogen) atoms. The van der Waals surface area contributed by atoms with Gasteiger partial charge in [-0.05, 0) is 36.9 Å². The van der Waals surface area contributed by atoms with E-state index in [0.717, 1.165) is 17.0 Å². The zero-order chi connectivity index (χ0) is 12.8. The first-order chi connectivity index (χ1) is 8.00. The van der Waals surface area contributed by atoms with Crippen molar-refractivity contribution in [3.63, 3.8) is 0 Å². The number of ether oxygens (including phenoxy) is 1. The second kappa shape index (κ2) is 6.60. The minimum Gasteiger partial charge on any atom is -0.493 e. The number of pyridine rings is 1. The molecule has 3 nitrogen and oxygen atoms in total. The summed E-state index contributed by atoms with van der Waals surface area (Å²) in [6.45, 7) is 6.84. The highest BCUT2D eigenvalue weighted by molar-refractivity contribution is 6.63. The molecule has 1 aromatic heterocycles. The lowest BCUT2D eigenvalue weighted by atomic mass is 10.1. The van der Waals surface area contributed by atoms with Crippen molar-refractivity contribution >= 4 is 16.8 Å². The monoisotopic (exact) mass is 255 g/mol. The van der Waals surface area contributed by atoms with E-state index in [1.807, 2.05) is 13.0 Å². The van der Waals surface area contributed by atoms with Crippen LogP contribution in [-0.4, -0.2) is 16.8 Å². The Kier molecular flexibility index (Phi) is 5.42. The Morgan fingerprint density at radius 2 is 2.24 bits per heavy atom. The van der Waals surface area contributed by atoms with E-state index in [2.05, 4.69) is 18.8 Å². The van der Waals surface area contributed by atoms with Crippen LogP contribution in [0.1, 0.15) is 31.5 Å². The molecular formula is C13H18ClNO2. The van der Waals surface area contributed by atoms with E-state index < -0.39 is 0 Å². The Hall–Kier alpha value is -1.09. The SMILES string of the molecule is Cc1c(OCC(C)C)ccnc1CCC(=O)Cl. The normalized spacial score (nSPS) is 10.6. The molecule has 0 bridgehead atoms. The molecule has 1 heterocycles. The number of aromatic nitrogens is 1. The molecule has 0 aliphatic carbocycles. The third-order valence-electron chi connectivity index (χ3n) is 2.39. The molecule has 0 aliphatic rings. The van der Waals surface area contributed by atoms with Crippen LogP contribution in [0.25, 0.3) is 0 Å². The van der Waals surface area contributed by atoms with Gasteiger partial charge in [0.05, 0.1) is 6.61 Å². The average molecular weight is 256 g/mol. The molecular weight excluding hydrogens is 238 g/mol. The van der Waals surface area contributed by atoms with Crippen LogP contribution in [0.5, 0.6) is 5.75 Å². The third kappa shape index (κ3) is 4.73. The minimum absolute atomic E-state index is 0.309. The van der Waals surface area contributed by atoms with Crippen molar-refractivity contribution in [3.8, 4) is 5.75 Å². The Bertz CT molecular complexity index is 391. The Labute approximate surface area is 107 Å². The Morgan fingerprint density at radius 3 is 2.82 bits per heavy atom. The van der Waals surface area contributed by atoms with Crippen molar-refractivity contribution in [2.24, 2.45) is 5.92 Å². The molecule has 0 fully saturated rings. The predicted molar refractivity (Wildman–Crippen MR) is 68.5 cm³/mol. The van der Waals surface area contributed by atoms with Gasteiger partial charge in [0.1, 0.15) is 5.75 Å². The van der Waals surface area contributed by atoms with E-state index in [9.17, 15) is 4.79 Å². The summed E-state index contributed by atoms with van der Waals surface area (Å²) in [6, 6.07) is 1.85. The standard InChI is InChI=1S/C13H18ClNO2/c1-9(2)8-17-12-6-7-15-11(10(12)3)4-5-13(14)16/h6-7,9H,4-5,8H2,1-3H3. The van der Waals surface area contributed by atoms with Crippen molar-refractivity contribution in [2.75, 3.05) is 6.61 Å². The number of aryl methyl sites for hydroxylation is 1. The van der Waals surface area contributed by atoms with Gasteiger partial charge < -0.3 is 4.74 Å². The lowest BCUT2D eigenvalue weighted by molar-refractivity contribution is -0.111. The van der Waals surface area contributed by atoms with Crippen LogP contribution in [0, 0.1) is 12.8 Å². The molecule has 0 N–H and O–H groups in total. The van der Waals surface area contributed by atoms with Crippen LogP contribution in [0.4, 0.5) is 0 Å². The molecule has 1 rings (SSSR count). The molecule has 0 amide bonds. The molecule has 0 spiro atoms. The first kappa shape index (κ1) is 14.0. The van der Waals surface area contributed by atoms with E-state index >= 15 is 0 Å². The number of carbonyl (C=O) groups excluding carboxylic acids is 1. The van der Waals surface area contributed by atoms with Gasteiger partial charge in [0.2, 0.25) is 5.24 Å². The van der Waals surface area contributed by atoms with Crippen LogP contribution >= 0.6 is 11.6 Å². The second-order valence-corrected chi connectivity index (χ2v) is 4.86. The second-order valence-electron chi connectivity index (χ2n) is 4.44. The molecule has 0 radical (unpaired) electrons. The Balaban J connectivity index is 2.72. The van der Waals surface area contributed by atoms with Gasteiger partial charge in [0, 0.05) is 23.9 Å². The topological polar surface area (TPSA) is 39.2 Å². The van der Waals surface area contributed by atoms with Crippen LogP contribution in [0.15, 0.2) is 12.3 Å². The maximum absolute atomic E-state index is 10.7. The molecule has 0 saturated heterocycles. The number of hydrogen-bond acceptors (Lipinski definition) is 3. The number of hydrogen-bond donors (Lipinski definition) is 0. The van der Waals surface area contributed by atoms with Gasteiger partial charge in [-0.1, -0.05) is 13.8 Å². The summed E-state index contributed by atoms with van der Waals surface area (Å²) < 4.78 is 5.69. The minimum atomic E-state index is -0.334. The van der Waals surface area contributed by atoms with Crippen LogP contribution in [0.2, 0.25) is 0 Å². The van der Waals surface area contributed by atoms with E-state index in [-0.39, 0.29) is 5.24 Å². The number of halogens is 1. The van der Waals surface area contributed by atoms with Crippen molar-refractivity contribution in [1.82, 2.24) is 4.98 Å². The van der Waals surface area contributed by atoms with E-state index in [0.29, 0.717) is 25.4 Å². The van der Waals surface area contributed by atoms with Crippen molar-refractivity contribution in [3.05, 3.63) is 23.5 Å². The molecule has 0 aliphatic heterocycles. The maximum atomic E-state index is 10.7. The summed E-state index contributed by atoms with van der Waals surface area (Å²) in [5.74, 6) is 1.32. The average Bonchev–Trinajstić information content (AvgIpc) is 2.25. The quantitative estimate of drug-likeness (QED) is 0.733. The number of rotatable bonds is 6. The number of carbonyl (C=O) groups is 1.